The molecule has 15 heavy (non-hydrogen) atoms. The molecule has 1 spiro atoms. The summed E-state index contributed by atoms with van der Waals surface area (Å²) in [7, 11) is 0. The first-order valence-corrected chi connectivity index (χ1v) is 6.96. The minimum absolute atomic E-state index is 0.265. The van der Waals surface area contributed by atoms with E-state index in [1.807, 2.05) is 11.8 Å². The van der Waals surface area contributed by atoms with Gasteiger partial charge in [-0.1, -0.05) is 22.4 Å². The number of halogens is 1. The van der Waals surface area contributed by atoms with Gasteiger partial charge >= 0.3 is 0 Å². The van der Waals surface area contributed by atoms with E-state index in [-0.39, 0.29) is 6.10 Å². The normalized spacial score (nSPS) is 27.2. The average molecular weight is 285 g/mol. The SMILES string of the molecule is O[C@@H]1CC2(CCC2)Sc2ccc(Br)cc21. The number of hydrogen-bond donors (Lipinski definition) is 1. The van der Waals surface area contributed by atoms with E-state index in [1.54, 1.807) is 0 Å². The van der Waals surface area contributed by atoms with Crippen LogP contribution in [0.15, 0.2) is 27.6 Å². The van der Waals surface area contributed by atoms with Crippen molar-refractivity contribution in [3.8, 4) is 0 Å². The molecule has 1 saturated carbocycles. The molecule has 0 radical (unpaired) electrons. The molecular weight excluding hydrogens is 272 g/mol. The molecule has 1 atom stereocenters. The van der Waals surface area contributed by atoms with Gasteiger partial charge in [-0.2, -0.15) is 0 Å². The Balaban J connectivity index is 2.01. The van der Waals surface area contributed by atoms with Crippen LogP contribution < -0.4 is 0 Å². The van der Waals surface area contributed by atoms with E-state index < -0.39 is 0 Å². The van der Waals surface area contributed by atoms with E-state index in [2.05, 4.69) is 34.1 Å². The summed E-state index contributed by atoms with van der Waals surface area (Å²) >= 11 is 5.43. The quantitative estimate of drug-likeness (QED) is 0.780. The summed E-state index contributed by atoms with van der Waals surface area (Å²) in [6.45, 7) is 0. The van der Waals surface area contributed by atoms with Gasteiger partial charge < -0.3 is 5.11 Å². The number of aliphatic hydroxyl groups excluding tert-OH is 1. The van der Waals surface area contributed by atoms with Crippen LogP contribution in [0.4, 0.5) is 0 Å². The van der Waals surface area contributed by atoms with Crippen LogP contribution in [0, 0.1) is 0 Å². The molecule has 1 nitrogen and oxygen atoms in total. The molecule has 1 aliphatic heterocycles. The van der Waals surface area contributed by atoms with Crippen molar-refractivity contribution < 1.29 is 5.11 Å². The molecule has 1 aromatic carbocycles. The summed E-state index contributed by atoms with van der Waals surface area (Å²) in [6, 6.07) is 6.25. The number of rotatable bonds is 0. The summed E-state index contributed by atoms with van der Waals surface area (Å²) in [6.07, 6.45) is 4.53. The van der Waals surface area contributed by atoms with Crippen molar-refractivity contribution in [1.29, 1.82) is 0 Å². The second-order valence-corrected chi connectivity index (χ2v) is 6.97. The predicted molar refractivity (Wildman–Crippen MR) is 66.2 cm³/mol. The van der Waals surface area contributed by atoms with Crippen LogP contribution in [0.5, 0.6) is 0 Å². The minimum Gasteiger partial charge on any atom is -0.388 e. The van der Waals surface area contributed by atoms with Crippen LogP contribution in [0.25, 0.3) is 0 Å². The molecule has 0 amide bonds. The molecular formula is C12H13BrOS. The van der Waals surface area contributed by atoms with Gasteiger partial charge in [0.2, 0.25) is 0 Å². The molecule has 1 aliphatic carbocycles. The summed E-state index contributed by atoms with van der Waals surface area (Å²) in [5, 5.41) is 10.2. The molecule has 3 heteroatoms. The number of aliphatic hydroxyl groups is 1. The number of fused-ring (bicyclic) bond motifs is 1. The standard InChI is InChI=1S/C12H13BrOS/c13-8-2-3-11-9(6-8)10(14)7-12(15-11)4-1-5-12/h2-3,6,10,14H,1,4-5,7H2/t10-/m1/s1. The molecule has 1 heterocycles. The fraction of sp³-hybridized carbons (Fsp3) is 0.500. The Morgan fingerprint density at radius 2 is 2.20 bits per heavy atom. The van der Waals surface area contributed by atoms with Gasteiger partial charge in [-0.25, -0.2) is 0 Å². The second kappa shape index (κ2) is 3.51. The van der Waals surface area contributed by atoms with Crippen LogP contribution in [0.1, 0.15) is 37.4 Å². The van der Waals surface area contributed by atoms with E-state index in [0.29, 0.717) is 4.75 Å². The molecule has 0 aromatic heterocycles. The summed E-state index contributed by atoms with van der Waals surface area (Å²) in [5.41, 5.74) is 1.10. The first kappa shape index (κ1) is 10.2. The maximum atomic E-state index is 10.2. The van der Waals surface area contributed by atoms with Crippen molar-refractivity contribution in [3.63, 3.8) is 0 Å². The molecule has 2 aliphatic rings. The smallest absolute Gasteiger partial charge is 0.0814 e. The molecule has 1 fully saturated rings. The van der Waals surface area contributed by atoms with Gasteiger partial charge in [-0.15, -0.1) is 11.8 Å². The maximum absolute atomic E-state index is 10.2. The lowest BCUT2D eigenvalue weighted by molar-refractivity contribution is 0.125. The highest BCUT2D eigenvalue weighted by molar-refractivity contribution is 9.10. The van der Waals surface area contributed by atoms with Crippen LogP contribution in [0.2, 0.25) is 0 Å². The lowest BCUT2D eigenvalue weighted by Crippen LogP contribution is -2.37. The number of thioether (sulfide) groups is 1. The van der Waals surface area contributed by atoms with Crippen LogP contribution >= 0.6 is 27.7 Å². The van der Waals surface area contributed by atoms with Crippen LogP contribution in [0.3, 0.4) is 0 Å². The van der Waals surface area contributed by atoms with Gasteiger partial charge in [0, 0.05) is 14.1 Å². The molecule has 3 rings (SSSR count). The van der Waals surface area contributed by atoms with Gasteiger partial charge in [0.15, 0.2) is 0 Å². The third-order valence-electron chi connectivity index (χ3n) is 3.49. The van der Waals surface area contributed by atoms with Gasteiger partial charge in [-0.05, 0) is 43.0 Å². The second-order valence-electron chi connectivity index (χ2n) is 4.54. The fourth-order valence-electron chi connectivity index (χ4n) is 2.49. The monoisotopic (exact) mass is 284 g/mol. The van der Waals surface area contributed by atoms with Gasteiger partial charge in [-0.3, -0.25) is 0 Å². The first-order chi connectivity index (χ1) is 7.19. The number of benzene rings is 1. The van der Waals surface area contributed by atoms with Gasteiger partial charge in [0.25, 0.3) is 0 Å². The minimum atomic E-state index is -0.265. The molecule has 0 bridgehead atoms. The largest absolute Gasteiger partial charge is 0.388 e. The predicted octanol–water partition coefficient (Wildman–Crippen LogP) is 3.90. The van der Waals surface area contributed by atoms with Crippen molar-refractivity contribution in [1.82, 2.24) is 0 Å². The molecule has 80 valence electrons. The third-order valence-corrected chi connectivity index (χ3v) is 5.58. The fourth-order valence-corrected chi connectivity index (χ4v) is 4.52. The topological polar surface area (TPSA) is 20.2 Å². The Bertz CT molecular complexity index is 401. The first-order valence-electron chi connectivity index (χ1n) is 5.35. The van der Waals surface area contributed by atoms with Crippen molar-refractivity contribution in [3.05, 3.63) is 28.2 Å². The third kappa shape index (κ3) is 1.65. The molecule has 1 aromatic rings. The number of hydrogen-bond acceptors (Lipinski definition) is 2. The van der Waals surface area contributed by atoms with E-state index in [0.717, 1.165) is 16.5 Å². The molecule has 0 saturated heterocycles. The zero-order valence-electron chi connectivity index (χ0n) is 8.37. The summed E-state index contributed by atoms with van der Waals surface area (Å²) in [4.78, 5) is 1.27. The Morgan fingerprint density at radius 3 is 2.87 bits per heavy atom. The van der Waals surface area contributed by atoms with Crippen molar-refractivity contribution >= 4 is 27.7 Å². The van der Waals surface area contributed by atoms with Crippen molar-refractivity contribution in [2.75, 3.05) is 0 Å². The Kier molecular flexibility index (Phi) is 2.38. The molecule has 0 unspecified atom stereocenters. The van der Waals surface area contributed by atoms with Gasteiger partial charge in [0.1, 0.15) is 0 Å². The highest BCUT2D eigenvalue weighted by Crippen LogP contribution is 2.57. The van der Waals surface area contributed by atoms with Crippen LogP contribution in [-0.4, -0.2) is 9.85 Å². The highest BCUT2D eigenvalue weighted by atomic mass is 79.9. The van der Waals surface area contributed by atoms with Gasteiger partial charge in [0.05, 0.1) is 6.10 Å². The maximum Gasteiger partial charge on any atom is 0.0814 e. The van der Waals surface area contributed by atoms with E-state index in [4.69, 9.17) is 0 Å². The summed E-state index contributed by atoms with van der Waals surface area (Å²) in [5.74, 6) is 0. The Hall–Kier alpha value is 0.01000. The highest BCUT2D eigenvalue weighted by Gasteiger charge is 2.43. The lowest BCUT2D eigenvalue weighted by Gasteiger charge is -2.46. The Labute approximate surface area is 102 Å². The summed E-state index contributed by atoms with van der Waals surface area (Å²) < 4.78 is 1.42. The van der Waals surface area contributed by atoms with Crippen molar-refractivity contribution in [2.24, 2.45) is 0 Å². The average Bonchev–Trinajstić information content (AvgIpc) is 2.16. The van der Waals surface area contributed by atoms with E-state index in [9.17, 15) is 5.11 Å². The van der Waals surface area contributed by atoms with Crippen LogP contribution in [-0.2, 0) is 0 Å². The lowest BCUT2D eigenvalue weighted by atomic mass is 9.79. The van der Waals surface area contributed by atoms with Crippen molar-refractivity contribution in [2.45, 2.75) is 41.4 Å². The Morgan fingerprint density at radius 1 is 1.40 bits per heavy atom. The zero-order valence-corrected chi connectivity index (χ0v) is 10.8. The van der Waals surface area contributed by atoms with E-state index >= 15 is 0 Å². The zero-order chi connectivity index (χ0) is 10.5. The molecule has 1 N–H and O–H groups in total. The van der Waals surface area contributed by atoms with E-state index in [1.165, 1.54) is 24.2 Å².